The molecule has 2 heteroatoms. The van der Waals surface area contributed by atoms with Gasteiger partial charge in [-0.3, -0.25) is 0 Å². The number of benzene rings is 2. The summed E-state index contributed by atoms with van der Waals surface area (Å²) in [7, 11) is 0. The number of hydrogen-bond acceptors (Lipinski definition) is 2. The van der Waals surface area contributed by atoms with Gasteiger partial charge >= 0.3 is 0 Å². The highest BCUT2D eigenvalue weighted by atomic mass is 16.5. The van der Waals surface area contributed by atoms with E-state index in [0.29, 0.717) is 6.61 Å². The predicted molar refractivity (Wildman–Crippen MR) is 75.9 cm³/mol. The molecule has 0 aromatic heterocycles. The van der Waals surface area contributed by atoms with E-state index in [2.05, 4.69) is 25.1 Å². The monoisotopic (exact) mass is 241 g/mol. The fraction of sp³-hybridized carbons (Fsp3) is 0.250. The van der Waals surface area contributed by atoms with Crippen molar-refractivity contribution in [2.24, 2.45) is 0 Å². The molecule has 0 saturated carbocycles. The Balaban J connectivity index is 1.91. The van der Waals surface area contributed by atoms with Crippen molar-refractivity contribution in [3.8, 4) is 5.75 Å². The topological polar surface area (TPSA) is 35.2 Å². The van der Waals surface area contributed by atoms with Gasteiger partial charge in [-0.15, -0.1) is 0 Å². The third-order valence-electron chi connectivity index (χ3n) is 2.97. The molecular formula is C16H19NO. The smallest absolute Gasteiger partial charge is 0.142 e. The van der Waals surface area contributed by atoms with Crippen LogP contribution in [0, 0.1) is 0 Å². The molecule has 2 rings (SSSR count). The first kappa shape index (κ1) is 12.5. The number of rotatable bonds is 5. The number of ether oxygens (including phenoxy) is 1. The molecular weight excluding hydrogens is 222 g/mol. The molecule has 2 N–H and O–H groups in total. The Morgan fingerprint density at radius 1 is 1.00 bits per heavy atom. The normalized spacial score (nSPS) is 10.3. The molecule has 0 aliphatic rings. The van der Waals surface area contributed by atoms with Gasteiger partial charge in [0.2, 0.25) is 0 Å². The van der Waals surface area contributed by atoms with Crippen LogP contribution in [-0.2, 0) is 12.8 Å². The summed E-state index contributed by atoms with van der Waals surface area (Å²) in [5.41, 5.74) is 9.19. The molecule has 2 nitrogen and oxygen atoms in total. The summed E-state index contributed by atoms with van der Waals surface area (Å²) in [5.74, 6) is 0.781. The van der Waals surface area contributed by atoms with E-state index in [4.69, 9.17) is 10.5 Å². The maximum Gasteiger partial charge on any atom is 0.142 e. The van der Waals surface area contributed by atoms with Crippen LogP contribution in [0.15, 0.2) is 48.5 Å². The van der Waals surface area contributed by atoms with E-state index in [1.54, 1.807) is 0 Å². The van der Waals surface area contributed by atoms with Crippen LogP contribution < -0.4 is 10.5 Å². The molecule has 0 fully saturated rings. The Morgan fingerprint density at radius 3 is 2.44 bits per heavy atom. The minimum Gasteiger partial charge on any atom is -0.491 e. The quantitative estimate of drug-likeness (QED) is 0.814. The average Bonchev–Trinajstić information content (AvgIpc) is 2.42. The van der Waals surface area contributed by atoms with Crippen LogP contribution in [0.25, 0.3) is 0 Å². The SMILES string of the molecule is CCc1ccc(OCCc2ccccc2)c(N)c1. The van der Waals surface area contributed by atoms with Crippen molar-refractivity contribution in [1.82, 2.24) is 0 Å². The van der Waals surface area contributed by atoms with Gasteiger partial charge in [-0.25, -0.2) is 0 Å². The summed E-state index contributed by atoms with van der Waals surface area (Å²) in [4.78, 5) is 0. The lowest BCUT2D eigenvalue weighted by molar-refractivity contribution is 0.323. The van der Waals surface area contributed by atoms with Crippen LogP contribution >= 0.6 is 0 Å². The largest absolute Gasteiger partial charge is 0.491 e. The molecule has 2 aromatic carbocycles. The van der Waals surface area contributed by atoms with E-state index in [-0.39, 0.29) is 0 Å². The zero-order valence-electron chi connectivity index (χ0n) is 10.7. The van der Waals surface area contributed by atoms with E-state index in [1.165, 1.54) is 11.1 Å². The number of anilines is 1. The van der Waals surface area contributed by atoms with E-state index in [9.17, 15) is 0 Å². The van der Waals surface area contributed by atoms with Gasteiger partial charge in [0.25, 0.3) is 0 Å². The van der Waals surface area contributed by atoms with Gasteiger partial charge in [-0.05, 0) is 29.7 Å². The van der Waals surface area contributed by atoms with Gasteiger partial charge in [0.1, 0.15) is 5.75 Å². The van der Waals surface area contributed by atoms with E-state index in [0.717, 1.165) is 24.3 Å². The molecule has 0 heterocycles. The maximum absolute atomic E-state index is 5.95. The summed E-state index contributed by atoms with van der Waals surface area (Å²) < 4.78 is 5.72. The first-order valence-corrected chi connectivity index (χ1v) is 6.34. The van der Waals surface area contributed by atoms with Crippen molar-refractivity contribution in [3.63, 3.8) is 0 Å². The van der Waals surface area contributed by atoms with E-state index < -0.39 is 0 Å². The first-order chi connectivity index (χ1) is 8.79. The number of hydrogen-bond donors (Lipinski definition) is 1. The minimum atomic E-state index is 0.652. The summed E-state index contributed by atoms with van der Waals surface area (Å²) in [6, 6.07) is 16.3. The average molecular weight is 241 g/mol. The molecule has 0 spiro atoms. The summed E-state index contributed by atoms with van der Waals surface area (Å²) in [5, 5.41) is 0. The Kier molecular flexibility index (Phi) is 4.24. The lowest BCUT2D eigenvalue weighted by Gasteiger charge is -2.10. The molecule has 0 amide bonds. The highest BCUT2D eigenvalue weighted by molar-refractivity contribution is 5.54. The standard InChI is InChI=1S/C16H19NO/c1-2-13-8-9-16(15(17)12-13)18-11-10-14-6-4-3-5-7-14/h3-9,12H,2,10-11,17H2,1H3. The molecule has 2 aromatic rings. The second-order valence-corrected chi connectivity index (χ2v) is 4.31. The van der Waals surface area contributed by atoms with Crippen LogP contribution in [0.5, 0.6) is 5.75 Å². The van der Waals surface area contributed by atoms with Crippen LogP contribution in [0.4, 0.5) is 5.69 Å². The zero-order chi connectivity index (χ0) is 12.8. The molecule has 0 bridgehead atoms. The molecule has 0 aliphatic heterocycles. The Bertz CT molecular complexity index is 494. The molecule has 94 valence electrons. The predicted octanol–water partition coefficient (Wildman–Crippen LogP) is 3.45. The maximum atomic E-state index is 5.95. The molecule has 0 unspecified atom stereocenters. The molecule has 0 saturated heterocycles. The zero-order valence-corrected chi connectivity index (χ0v) is 10.7. The molecule has 0 aliphatic carbocycles. The van der Waals surface area contributed by atoms with Crippen molar-refractivity contribution in [3.05, 3.63) is 59.7 Å². The Morgan fingerprint density at radius 2 is 1.78 bits per heavy atom. The van der Waals surface area contributed by atoms with Gasteiger partial charge in [0.15, 0.2) is 0 Å². The number of aryl methyl sites for hydroxylation is 1. The van der Waals surface area contributed by atoms with Crippen molar-refractivity contribution in [2.45, 2.75) is 19.8 Å². The van der Waals surface area contributed by atoms with Crippen LogP contribution in [0.3, 0.4) is 0 Å². The number of nitrogens with two attached hydrogens (primary N) is 1. The van der Waals surface area contributed by atoms with Crippen molar-refractivity contribution < 1.29 is 4.74 Å². The van der Waals surface area contributed by atoms with Crippen LogP contribution in [-0.4, -0.2) is 6.61 Å². The van der Waals surface area contributed by atoms with Gasteiger partial charge in [-0.2, -0.15) is 0 Å². The second-order valence-electron chi connectivity index (χ2n) is 4.31. The summed E-state index contributed by atoms with van der Waals surface area (Å²) >= 11 is 0. The fourth-order valence-corrected chi connectivity index (χ4v) is 1.87. The lowest BCUT2D eigenvalue weighted by Crippen LogP contribution is -2.03. The molecule has 0 radical (unpaired) electrons. The van der Waals surface area contributed by atoms with Crippen molar-refractivity contribution in [1.29, 1.82) is 0 Å². The summed E-state index contributed by atoms with van der Waals surface area (Å²) in [6.07, 6.45) is 1.89. The van der Waals surface area contributed by atoms with Gasteiger partial charge in [0.05, 0.1) is 12.3 Å². The van der Waals surface area contributed by atoms with Gasteiger partial charge in [0, 0.05) is 6.42 Å². The minimum absolute atomic E-state index is 0.652. The third kappa shape index (κ3) is 3.27. The Hall–Kier alpha value is -1.96. The number of nitrogen functional groups attached to an aromatic ring is 1. The molecule has 18 heavy (non-hydrogen) atoms. The summed E-state index contributed by atoms with van der Waals surface area (Å²) in [6.45, 7) is 2.77. The third-order valence-corrected chi connectivity index (χ3v) is 2.97. The Labute approximate surface area is 108 Å². The van der Waals surface area contributed by atoms with Crippen molar-refractivity contribution >= 4 is 5.69 Å². The van der Waals surface area contributed by atoms with Crippen LogP contribution in [0.1, 0.15) is 18.1 Å². The van der Waals surface area contributed by atoms with Crippen molar-refractivity contribution in [2.75, 3.05) is 12.3 Å². The fourth-order valence-electron chi connectivity index (χ4n) is 1.87. The second kappa shape index (κ2) is 6.10. The van der Waals surface area contributed by atoms with Gasteiger partial charge < -0.3 is 10.5 Å². The molecule has 0 atom stereocenters. The van der Waals surface area contributed by atoms with Crippen LogP contribution in [0.2, 0.25) is 0 Å². The van der Waals surface area contributed by atoms with E-state index >= 15 is 0 Å². The highest BCUT2D eigenvalue weighted by Gasteiger charge is 2.01. The first-order valence-electron chi connectivity index (χ1n) is 6.34. The van der Waals surface area contributed by atoms with Gasteiger partial charge in [-0.1, -0.05) is 43.3 Å². The lowest BCUT2D eigenvalue weighted by atomic mass is 10.1. The highest BCUT2D eigenvalue weighted by Crippen LogP contribution is 2.22. The van der Waals surface area contributed by atoms with E-state index in [1.807, 2.05) is 30.3 Å².